The molecule has 3 aliphatic rings. The second kappa shape index (κ2) is 4.50. The van der Waals surface area contributed by atoms with Gasteiger partial charge in [0, 0.05) is 12.6 Å². The van der Waals surface area contributed by atoms with Gasteiger partial charge in [0.2, 0.25) is 11.8 Å². The van der Waals surface area contributed by atoms with Crippen molar-refractivity contribution in [1.29, 1.82) is 0 Å². The normalized spacial score (nSPS) is 43.0. The first-order valence-electron chi connectivity index (χ1n) is 7.65. The summed E-state index contributed by atoms with van der Waals surface area (Å²) in [5.74, 6) is 1.53. The van der Waals surface area contributed by atoms with E-state index in [9.17, 15) is 9.59 Å². The van der Waals surface area contributed by atoms with E-state index in [0.717, 1.165) is 25.8 Å². The van der Waals surface area contributed by atoms with Gasteiger partial charge in [-0.3, -0.25) is 9.59 Å². The highest BCUT2D eigenvalue weighted by Gasteiger charge is 2.50. The summed E-state index contributed by atoms with van der Waals surface area (Å²) in [5.41, 5.74) is 0. The summed E-state index contributed by atoms with van der Waals surface area (Å²) in [4.78, 5) is 28.9. The highest BCUT2D eigenvalue weighted by Crippen LogP contribution is 2.38. The molecule has 4 heteroatoms. The van der Waals surface area contributed by atoms with Gasteiger partial charge in [-0.05, 0) is 44.4 Å². The van der Waals surface area contributed by atoms with Crippen molar-refractivity contribution in [3.05, 3.63) is 0 Å². The first-order valence-corrected chi connectivity index (χ1v) is 7.65. The van der Waals surface area contributed by atoms with Gasteiger partial charge in [-0.15, -0.1) is 0 Å². The molecule has 0 radical (unpaired) electrons. The zero-order valence-electron chi connectivity index (χ0n) is 12.1. The Bertz CT molecular complexity index is 409. The summed E-state index contributed by atoms with van der Waals surface area (Å²) in [6.45, 7) is 7.16. The Balaban J connectivity index is 1.88. The Morgan fingerprint density at radius 2 is 1.74 bits per heavy atom. The average Bonchev–Trinajstić information content (AvgIpc) is 2.98. The van der Waals surface area contributed by atoms with Gasteiger partial charge in [0.15, 0.2) is 0 Å². The monoisotopic (exact) mass is 264 g/mol. The largest absolute Gasteiger partial charge is 0.329 e. The molecule has 0 N–H and O–H groups in total. The van der Waals surface area contributed by atoms with Gasteiger partial charge in [-0.1, -0.05) is 13.8 Å². The number of hydrogen-bond acceptors (Lipinski definition) is 2. The minimum atomic E-state index is -0.264. The molecule has 0 spiro atoms. The smallest absolute Gasteiger partial charge is 0.246 e. The maximum absolute atomic E-state index is 12.7. The SMILES string of the molecule is CC1CCC(N2C(=O)C3CCCN3C(=O)C2C)C1C. The fourth-order valence-corrected chi connectivity index (χ4v) is 4.19. The lowest BCUT2D eigenvalue weighted by molar-refractivity contribution is -0.162. The molecular weight excluding hydrogens is 240 g/mol. The summed E-state index contributed by atoms with van der Waals surface area (Å²) < 4.78 is 0. The van der Waals surface area contributed by atoms with Crippen molar-refractivity contribution in [2.24, 2.45) is 11.8 Å². The zero-order chi connectivity index (χ0) is 13.7. The van der Waals surface area contributed by atoms with E-state index in [0.29, 0.717) is 11.8 Å². The molecule has 0 aromatic heterocycles. The molecule has 5 atom stereocenters. The first-order chi connectivity index (χ1) is 9.02. The van der Waals surface area contributed by atoms with Crippen LogP contribution in [0.1, 0.15) is 46.5 Å². The van der Waals surface area contributed by atoms with Crippen molar-refractivity contribution in [2.75, 3.05) is 6.54 Å². The molecule has 0 bridgehead atoms. The molecule has 3 rings (SSSR count). The van der Waals surface area contributed by atoms with Crippen molar-refractivity contribution in [2.45, 2.75) is 64.6 Å². The Hall–Kier alpha value is -1.06. The Labute approximate surface area is 115 Å². The van der Waals surface area contributed by atoms with Gasteiger partial charge in [-0.25, -0.2) is 0 Å². The predicted octanol–water partition coefficient (Wildman–Crippen LogP) is 1.64. The molecule has 2 heterocycles. The Morgan fingerprint density at radius 1 is 1.00 bits per heavy atom. The van der Waals surface area contributed by atoms with Gasteiger partial charge >= 0.3 is 0 Å². The molecule has 1 aliphatic carbocycles. The van der Waals surface area contributed by atoms with E-state index in [2.05, 4.69) is 13.8 Å². The lowest BCUT2D eigenvalue weighted by atomic mass is 9.94. The number of carbonyl (C=O) groups excluding carboxylic acids is 2. The third-order valence-electron chi connectivity index (χ3n) is 5.63. The van der Waals surface area contributed by atoms with Crippen LogP contribution in [-0.2, 0) is 9.59 Å². The van der Waals surface area contributed by atoms with E-state index < -0.39 is 0 Å². The van der Waals surface area contributed by atoms with Crippen LogP contribution in [0, 0.1) is 11.8 Å². The number of carbonyl (C=O) groups is 2. The van der Waals surface area contributed by atoms with E-state index >= 15 is 0 Å². The highest BCUT2D eigenvalue weighted by atomic mass is 16.2. The number of hydrogen-bond donors (Lipinski definition) is 0. The van der Waals surface area contributed by atoms with Crippen LogP contribution in [-0.4, -0.2) is 46.3 Å². The summed E-state index contributed by atoms with van der Waals surface area (Å²) in [7, 11) is 0. The fourth-order valence-electron chi connectivity index (χ4n) is 4.19. The molecule has 106 valence electrons. The number of rotatable bonds is 1. The van der Waals surface area contributed by atoms with Crippen molar-refractivity contribution < 1.29 is 9.59 Å². The fraction of sp³-hybridized carbons (Fsp3) is 0.867. The van der Waals surface area contributed by atoms with Crippen LogP contribution in [0.4, 0.5) is 0 Å². The molecule has 19 heavy (non-hydrogen) atoms. The third-order valence-corrected chi connectivity index (χ3v) is 5.63. The minimum Gasteiger partial charge on any atom is -0.329 e. The maximum atomic E-state index is 12.7. The molecule has 5 unspecified atom stereocenters. The average molecular weight is 264 g/mol. The maximum Gasteiger partial charge on any atom is 0.246 e. The van der Waals surface area contributed by atoms with E-state index in [1.54, 1.807) is 0 Å². The van der Waals surface area contributed by atoms with Gasteiger partial charge in [0.1, 0.15) is 12.1 Å². The predicted molar refractivity (Wildman–Crippen MR) is 72.4 cm³/mol. The van der Waals surface area contributed by atoms with E-state index in [4.69, 9.17) is 0 Å². The number of nitrogens with zero attached hydrogens (tertiary/aromatic N) is 2. The van der Waals surface area contributed by atoms with Gasteiger partial charge in [0.25, 0.3) is 0 Å². The van der Waals surface area contributed by atoms with Crippen LogP contribution in [0.5, 0.6) is 0 Å². The van der Waals surface area contributed by atoms with Crippen LogP contribution in [0.15, 0.2) is 0 Å². The molecule has 1 saturated carbocycles. The minimum absolute atomic E-state index is 0.160. The van der Waals surface area contributed by atoms with Crippen molar-refractivity contribution in [1.82, 2.24) is 9.80 Å². The molecular formula is C15H24N2O2. The van der Waals surface area contributed by atoms with Crippen molar-refractivity contribution in [3.8, 4) is 0 Å². The van der Waals surface area contributed by atoms with Gasteiger partial charge < -0.3 is 9.80 Å². The van der Waals surface area contributed by atoms with Crippen LogP contribution in [0.25, 0.3) is 0 Å². The summed E-state index contributed by atoms with van der Waals surface area (Å²) >= 11 is 0. The summed E-state index contributed by atoms with van der Waals surface area (Å²) in [6, 6.07) is -0.157. The molecule has 2 aliphatic heterocycles. The Morgan fingerprint density at radius 3 is 2.37 bits per heavy atom. The second-order valence-corrected chi connectivity index (χ2v) is 6.59. The zero-order valence-corrected chi connectivity index (χ0v) is 12.1. The van der Waals surface area contributed by atoms with E-state index in [1.807, 2.05) is 16.7 Å². The first kappa shape index (κ1) is 12.9. The van der Waals surface area contributed by atoms with Crippen LogP contribution in [0.2, 0.25) is 0 Å². The number of amides is 2. The topological polar surface area (TPSA) is 40.6 Å². The van der Waals surface area contributed by atoms with Crippen molar-refractivity contribution >= 4 is 11.8 Å². The Kier molecular flexibility index (Phi) is 3.06. The molecule has 0 aromatic carbocycles. The molecule has 3 fully saturated rings. The number of fused-ring (bicyclic) bond motifs is 1. The van der Waals surface area contributed by atoms with Crippen LogP contribution < -0.4 is 0 Å². The van der Waals surface area contributed by atoms with E-state index in [-0.39, 0.29) is 29.9 Å². The van der Waals surface area contributed by atoms with Crippen LogP contribution in [0.3, 0.4) is 0 Å². The lowest BCUT2D eigenvalue weighted by Gasteiger charge is -2.45. The van der Waals surface area contributed by atoms with Crippen LogP contribution >= 0.6 is 0 Å². The molecule has 2 amide bonds. The van der Waals surface area contributed by atoms with E-state index in [1.165, 1.54) is 6.42 Å². The molecule has 0 aromatic rings. The number of piperazine rings is 1. The summed E-state index contributed by atoms with van der Waals surface area (Å²) in [5, 5.41) is 0. The lowest BCUT2D eigenvalue weighted by Crippen LogP contribution is -2.64. The quantitative estimate of drug-likeness (QED) is 0.722. The van der Waals surface area contributed by atoms with Gasteiger partial charge in [-0.2, -0.15) is 0 Å². The summed E-state index contributed by atoms with van der Waals surface area (Å²) in [6.07, 6.45) is 4.05. The highest BCUT2D eigenvalue weighted by molar-refractivity contribution is 5.97. The standard InChI is InChI=1S/C15H24N2O2/c1-9-6-7-12(10(9)2)17-11(3)14(18)16-8-4-5-13(16)15(17)19/h9-13H,4-8H2,1-3H3. The second-order valence-electron chi connectivity index (χ2n) is 6.59. The molecule has 4 nitrogen and oxygen atoms in total. The van der Waals surface area contributed by atoms with Gasteiger partial charge in [0.05, 0.1) is 0 Å². The molecule has 2 saturated heterocycles. The van der Waals surface area contributed by atoms with Crippen molar-refractivity contribution in [3.63, 3.8) is 0 Å². The third kappa shape index (κ3) is 1.79.